The summed E-state index contributed by atoms with van der Waals surface area (Å²) in [5, 5.41) is 0. The van der Waals surface area contributed by atoms with Crippen LogP contribution in [0.2, 0.25) is 0 Å². The van der Waals surface area contributed by atoms with Gasteiger partial charge in [0.25, 0.3) is 0 Å². The van der Waals surface area contributed by atoms with Crippen molar-refractivity contribution in [2.45, 2.75) is 38.9 Å². The molecule has 18 heavy (non-hydrogen) atoms. The molecule has 2 unspecified atom stereocenters. The Kier molecular flexibility index (Phi) is 5.16. The molecule has 2 atom stereocenters. The molecule has 2 nitrogen and oxygen atoms in total. The van der Waals surface area contributed by atoms with E-state index >= 15 is 0 Å². The van der Waals surface area contributed by atoms with Gasteiger partial charge in [-0.25, -0.2) is 0 Å². The lowest BCUT2D eigenvalue weighted by atomic mass is 9.90. The Morgan fingerprint density at radius 1 is 1.33 bits per heavy atom. The summed E-state index contributed by atoms with van der Waals surface area (Å²) in [5.74, 6) is 5.65. The fourth-order valence-electron chi connectivity index (χ4n) is 2.12. The van der Waals surface area contributed by atoms with Crippen molar-refractivity contribution in [2.24, 2.45) is 11.8 Å². The van der Waals surface area contributed by atoms with E-state index < -0.39 is 11.7 Å². The number of benzene rings is 1. The molecule has 1 rings (SSSR count). The predicted octanol–water partition coefficient (Wildman–Crippen LogP) is 3.65. The van der Waals surface area contributed by atoms with Gasteiger partial charge in [0.1, 0.15) is 0 Å². The Morgan fingerprint density at radius 3 is 2.50 bits per heavy atom. The van der Waals surface area contributed by atoms with E-state index in [-0.39, 0.29) is 12.0 Å². The predicted molar refractivity (Wildman–Crippen MR) is 65.6 cm³/mol. The molecule has 0 heterocycles. The lowest BCUT2D eigenvalue weighted by molar-refractivity contribution is -0.137. The highest BCUT2D eigenvalue weighted by Gasteiger charge is 2.31. The fourth-order valence-corrected chi connectivity index (χ4v) is 2.12. The van der Waals surface area contributed by atoms with Crippen molar-refractivity contribution in [3.05, 3.63) is 35.4 Å². The van der Waals surface area contributed by atoms with Crippen LogP contribution < -0.4 is 11.3 Å². The minimum atomic E-state index is -4.32. The summed E-state index contributed by atoms with van der Waals surface area (Å²) in [5.41, 5.74) is 2.56. The van der Waals surface area contributed by atoms with Crippen molar-refractivity contribution in [3.8, 4) is 0 Å². The Labute approximate surface area is 105 Å². The van der Waals surface area contributed by atoms with E-state index in [1.807, 2.05) is 13.8 Å². The summed E-state index contributed by atoms with van der Waals surface area (Å²) < 4.78 is 37.9. The van der Waals surface area contributed by atoms with Gasteiger partial charge in [-0.3, -0.25) is 11.3 Å². The lowest BCUT2D eigenvalue weighted by Crippen LogP contribution is -2.32. The summed E-state index contributed by atoms with van der Waals surface area (Å²) in [7, 11) is 0. The monoisotopic (exact) mass is 260 g/mol. The number of hydrazine groups is 1. The number of nitrogens with two attached hydrogens (primary N) is 1. The first-order valence-electron chi connectivity index (χ1n) is 6.03. The number of nitrogens with one attached hydrogen (secondary N) is 1. The van der Waals surface area contributed by atoms with Gasteiger partial charge in [-0.05, 0) is 30.0 Å². The molecular formula is C13H19F3N2. The number of hydrogen-bond donors (Lipinski definition) is 2. The normalized spacial score (nSPS) is 15.4. The first-order chi connectivity index (χ1) is 8.40. The van der Waals surface area contributed by atoms with Crippen LogP contribution in [0.15, 0.2) is 24.3 Å². The molecule has 0 aliphatic carbocycles. The molecule has 0 aliphatic rings. The molecule has 1 aromatic rings. The van der Waals surface area contributed by atoms with Crippen LogP contribution in [-0.2, 0) is 6.18 Å². The standard InChI is InChI=1S/C13H19F3N2/c1-3-5-9(2)12(18-17)10-6-4-7-11(8-10)13(14,15)16/h4,6-9,12,18H,3,5,17H2,1-2H3. The zero-order chi connectivity index (χ0) is 13.8. The summed E-state index contributed by atoms with van der Waals surface area (Å²) in [6.45, 7) is 4.02. The molecule has 0 amide bonds. The van der Waals surface area contributed by atoms with Crippen LogP contribution in [0.3, 0.4) is 0 Å². The number of hydrogen-bond acceptors (Lipinski definition) is 2. The van der Waals surface area contributed by atoms with Crippen LogP contribution in [0.1, 0.15) is 43.9 Å². The quantitative estimate of drug-likeness (QED) is 0.626. The zero-order valence-electron chi connectivity index (χ0n) is 10.6. The fraction of sp³-hybridized carbons (Fsp3) is 0.538. The third kappa shape index (κ3) is 3.71. The van der Waals surface area contributed by atoms with E-state index in [1.165, 1.54) is 6.07 Å². The molecule has 0 spiro atoms. The summed E-state index contributed by atoms with van der Waals surface area (Å²) in [6.07, 6.45) is -2.44. The highest BCUT2D eigenvalue weighted by molar-refractivity contribution is 5.28. The summed E-state index contributed by atoms with van der Waals surface area (Å²) in [4.78, 5) is 0. The van der Waals surface area contributed by atoms with Crippen molar-refractivity contribution in [1.82, 2.24) is 5.43 Å². The van der Waals surface area contributed by atoms with Gasteiger partial charge in [0, 0.05) is 6.04 Å². The Balaban J connectivity index is 3.00. The topological polar surface area (TPSA) is 38.0 Å². The molecule has 0 fully saturated rings. The maximum absolute atomic E-state index is 12.6. The van der Waals surface area contributed by atoms with Gasteiger partial charge < -0.3 is 0 Å². The van der Waals surface area contributed by atoms with E-state index in [0.29, 0.717) is 5.56 Å². The number of rotatable bonds is 5. The van der Waals surface area contributed by atoms with Crippen LogP contribution in [-0.4, -0.2) is 0 Å². The van der Waals surface area contributed by atoms with Crippen molar-refractivity contribution in [3.63, 3.8) is 0 Å². The molecule has 0 aromatic heterocycles. The van der Waals surface area contributed by atoms with Crippen molar-refractivity contribution >= 4 is 0 Å². The first kappa shape index (κ1) is 15.0. The molecule has 0 aliphatic heterocycles. The molecule has 3 N–H and O–H groups in total. The van der Waals surface area contributed by atoms with Crippen LogP contribution >= 0.6 is 0 Å². The maximum atomic E-state index is 12.6. The second kappa shape index (κ2) is 6.20. The van der Waals surface area contributed by atoms with Crippen molar-refractivity contribution < 1.29 is 13.2 Å². The molecule has 0 saturated carbocycles. The smallest absolute Gasteiger partial charge is 0.271 e. The lowest BCUT2D eigenvalue weighted by Gasteiger charge is -2.24. The minimum absolute atomic E-state index is 0.184. The Hall–Kier alpha value is -1.07. The van der Waals surface area contributed by atoms with Gasteiger partial charge in [-0.2, -0.15) is 13.2 Å². The van der Waals surface area contributed by atoms with Crippen molar-refractivity contribution in [1.29, 1.82) is 0 Å². The van der Waals surface area contributed by atoms with Crippen LogP contribution in [0.25, 0.3) is 0 Å². The van der Waals surface area contributed by atoms with Crippen LogP contribution in [0, 0.1) is 5.92 Å². The average molecular weight is 260 g/mol. The third-order valence-electron chi connectivity index (χ3n) is 3.07. The second-order valence-corrected chi connectivity index (χ2v) is 4.53. The molecule has 0 saturated heterocycles. The van der Waals surface area contributed by atoms with Gasteiger partial charge in [0.15, 0.2) is 0 Å². The number of alkyl halides is 3. The van der Waals surface area contributed by atoms with Gasteiger partial charge in [-0.1, -0.05) is 32.4 Å². The average Bonchev–Trinajstić information content (AvgIpc) is 2.29. The van der Waals surface area contributed by atoms with E-state index in [0.717, 1.165) is 25.0 Å². The Bertz CT molecular complexity index is 377. The molecular weight excluding hydrogens is 241 g/mol. The maximum Gasteiger partial charge on any atom is 0.416 e. The molecule has 5 heteroatoms. The van der Waals surface area contributed by atoms with E-state index in [4.69, 9.17) is 5.84 Å². The summed E-state index contributed by atoms with van der Waals surface area (Å²) in [6, 6.07) is 5.07. The van der Waals surface area contributed by atoms with Crippen molar-refractivity contribution in [2.75, 3.05) is 0 Å². The van der Waals surface area contributed by atoms with Crippen LogP contribution in [0.5, 0.6) is 0 Å². The highest BCUT2D eigenvalue weighted by atomic mass is 19.4. The van der Waals surface area contributed by atoms with Gasteiger partial charge in [-0.15, -0.1) is 0 Å². The van der Waals surface area contributed by atoms with Crippen LogP contribution in [0.4, 0.5) is 13.2 Å². The van der Waals surface area contributed by atoms with Gasteiger partial charge in [0.05, 0.1) is 5.56 Å². The molecule has 0 bridgehead atoms. The first-order valence-corrected chi connectivity index (χ1v) is 6.03. The van der Waals surface area contributed by atoms with Gasteiger partial charge >= 0.3 is 6.18 Å². The van der Waals surface area contributed by atoms with E-state index in [2.05, 4.69) is 5.43 Å². The third-order valence-corrected chi connectivity index (χ3v) is 3.07. The zero-order valence-corrected chi connectivity index (χ0v) is 10.6. The van der Waals surface area contributed by atoms with E-state index in [1.54, 1.807) is 6.07 Å². The van der Waals surface area contributed by atoms with Gasteiger partial charge in [0.2, 0.25) is 0 Å². The highest BCUT2D eigenvalue weighted by Crippen LogP contribution is 2.32. The summed E-state index contributed by atoms with van der Waals surface area (Å²) >= 11 is 0. The van der Waals surface area contributed by atoms with E-state index in [9.17, 15) is 13.2 Å². The molecule has 102 valence electrons. The molecule has 1 aromatic carbocycles. The largest absolute Gasteiger partial charge is 0.416 e. The molecule has 0 radical (unpaired) electrons. The Morgan fingerprint density at radius 2 is 2.00 bits per heavy atom. The number of halogens is 3. The minimum Gasteiger partial charge on any atom is -0.271 e. The SMILES string of the molecule is CCCC(C)C(NN)c1cccc(C(F)(F)F)c1. The second-order valence-electron chi connectivity index (χ2n) is 4.53.